The summed E-state index contributed by atoms with van der Waals surface area (Å²) in [6, 6.07) is 0. The Bertz CT molecular complexity index is 118. The third-order valence-corrected chi connectivity index (χ3v) is 3.01. The van der Waals surface area contributed by atoms with Crippen LogP contribution in [0.3, 0.4) is 0 Å². The van der Waals surface area contributed by atoms with Crippen molar-refractivity contribution < 1.29 is 4.74 Å². The quantitative estimate of drug-likeness (QED) is 0.632. The molecule has 0 spiro atoms. The van der Waals surface area contributed by atoms with Crippen LogP contribution in [-0.2, 0) is 4.74 Å². The Labute approximate surface area is 76.5 Å². The van der Waals surface area contributed by atoms with Crippen molar-refractivity contribution in [2.45, 2.75) is 52.6 Å². The van der Waals surface area contributed by atoms with E-state index in [-0.39, 0.29) is 0 Å². The molecule has 0 saturated heterocycles. The molecule has 0 unspecified atom stereocenters. The highest BCUT2D eigenvalue weighted by molar-refractivity contribution is 4.75. The van der Waals surface area contributed by atoms with Crippen LogP contribution < -0.4 is 0 Å². The molecule has 12 heavy (non-hydrogen) atoms. The first-order valence-corrected chi connectivity index (χ1v) is 5.35. The lowest BCUT2D eigenvalue weighted by molar-refractivity contribution is 0.0128. The fourth-order valence-electron chi connectivity index (χ4n) is 2.17. The third-order valence-electron chi connectivity index (χ3n) is 3.01. The number of rotatable bonds is 3. The molecule has 1 fully saturated rings. The number of hydrogen-bond donors (Lipinski definition) is 0. The molecule has 0 radical (unpaired) electrons. The monoisotopic (exact) mass is 170 g/mol. The maximum atomic E-state index is 5.66. The molecular formula is C11H22O. The highest BCUT2D eigenvalue weighted by Gasteiger charge is 2.23. The van der Waals surface area contributed by atoms with E-state index in [1.807, 2.05) is 0 Å². The molecule has 0 aromatic rings. The predicted octanol–water partition coefficient (Wildman–Crippen LogP) is 3.24. The van der Waals surface area contributed by atoms with Crippen LogP contribution in [0.25, 0.3) is 0 Å². The van der Waals surface area contributed by atoms with Crippen molar-refractivity contribution in [3.8, 4) is 0 Å². The van der Waals surface area contributed by atoms with E-state index in [2.05, 4.69) is 20.8 Å². The number of hydrogen-bond acceptors (Lipinski definition) is 1. The maximum Gasteiger partial charge on any atom is 0.0577 e. The standard InChI is InChI=1S/C11H22O/c1-4-12-11-7-5-6-10(8-11)9(2)3/h9-11H,4-8H2,1-3H3/t10-,11+/m1/s1. The van der Waals surface area contributed by atoms with Crippen molar-refractivity contribution in [2.24, 2.45) is 11.8 Å². The topological polar surface area (TPSA) is 9.23 Å². The van der Waals surface area contributed by atoms with Gasteiger partial charge in [0.25, 0.3) is 0 Å². The minimum Gasteiger partial charge on any atom is -0.378 e. The van der Waals surface area contributed by atoms with Crippen molar-refractivity contribution in [1.82, 2.24) is 0 Å². The molecule has 0 N–H and O–H groups in total. The van der Waals surface area contributed by atoms with E-state index in [1.54, 1.807) is 0 Å². The van der Waals surface area contributed by atoms with Gasteiger partial charge in [-0.25, -0.2) is 0 Å². The highest BCUT2D eigenvalue weighted by Crippen LogP contribution is 2.31. The summed E-state index contributed by atoms with van der Waals surface area (Å²) in [6.45, 7) is 7.65. The lowest BCUT2D eigenvalue weighted by Gasteiger charge is -2.31. The van der Waals surface area contributed by atoms with Crippen LogP contribution in [0.5, 0.6) is 0 Å². The molecule has 0 aromatic carbocycles. The largest absolute Gasteiger partial charge is 0.378 e. The van der Waals surface area contributed by atoms with Crippen molar-refractivity contribution in [2.75, 3.05) is 6.61 Å². The Kier molecular flexibility index (Phi) is 4.07. The fraction of sp³-hybridized carbons (Fsp3) is 1.00. The van der Waals surface area contributed by atoms with Gasteiger partial charge in [0, 0.05) is 6.61 Å². The van der Waals surface area contributed by atoms with E-state index in [0.29, 0.717) is 6.10 Å². The van der Waals surface area contributed by atoms with Gasteiger partial charge in [0.2, 0.25) is 0 Å². The third kappa shape index (κ3) is 2.78. The Balaban J connectivity index is 2.30. The van der Waals surface area contributed by atoms with Crippen LogP contribution in [0.15, 0.2) is 0 Å². The smallest absolute Gasteiger partial charge is 0.0577 e. The molecule has 0 amide bonds. The van der Waals surface area contributed by atoms with Gasteiger partial charge >= 0.3 is 0 Å². The van der Waals surface area contributed by atoms with E-state index in [0.717, 1.165) is 18.4 Å². The lowest BCUT2D eigenvalue weighted by Crippen LogP contribution is -2.25. The van der Waals surface area contributed by atoms with E-state index in [1.165, 1.54) is 25.7 Å². The van der Waals surface area contributed by atoms with Crippen LogP contribution in [0.2, 0.25) is 0 Å². The van der Waals surface area contributed by atoms with Gasteiger partial charge in [-0.05, 0) is 31.6 Å². The van der Waals surface area contributed by atoms with Crippen LogP contribution in [0.4, 0.5) is 0 Å². The minimum atomic E-state index is 0.566. The molecule has 0 aliphatic heterocycles. The van der Waals surface area contributed by atoms with Gasteiger partial charge < -0.3 is 4.74 Å². The SMILES string of the molecule is CCO[C@H]1CCC[C@@H](C(C)C)C1. The molecule has 2 atom stereocenters. The first kappa shape index (κ1) is 10.0. The summed E-state index contributed by atoms with van der Waals surface area (Å²) >= 11 is 0. The number of ether oxygens (including phenoxy) is 1. The molecule has 1 aliphatic rings. The highest BCUT2D eigenvalue weighted by atomic mass is 16.5. The van der Waals surface area contributed by atoms with Gasteiger partial charge in [-0.3, -0.25) is 0 Å². The second kappa shape index (κ2) is 4.86. The summed E-state index contributed by atoms with van der Waals surface area (Å²) in [7, 11) is 0. The van der Waals surface area contributed by atoms with Gasteiger partial charge in [0.15, 0.2) is 0 Å². The van der Waals surface area contributed by atoms with Crippen LogP contribution >= 0.6 is 0 Å². The summed E-state index contributed by atoms with van der Waals surface area (Å²) in [5, 5.41) is 0. The van der Waals surface area contributed by atoms with E-state index < -0.39 is 0 Å². The van der Waals surface area contributed by atoms with Crippen molar-refractivity contribution >= 4 is 0 Å². The molecule has 0 aromatic heterocycles. The molecular weight excluding hydrogens is 148 g/mol. The summed E-state index contributed by atoms with van der Waals surface area (Å²) in [6.07, 6.45) is 5.94. The van der Waals surface area contributed by atoms with E-state index in [9.17, 15) is 0 Å². The summed E-state index contributed by atoms with van der Waals surface area (Å²) in [4.78, 5) is 0. The molecule has 1 rings (SSSR count). The second-order valence-electron chi connectivity index (χ2n) is 4.25. The zero-order valence-electron chi connectivity index (χ0n) is 8.68. The van der Waals surface area contributed by atoms with Gasteiger partial charge in [-0.1, -0.05) is 26.7 Å². The summed E-state index contributed by atoms with van der Waals surface area (Å²) in [5.74, 6) is 1.75. The molecule has 1 heteroatoms. The molecule has 1 saturated carbocycles. The van der Waals surface area contributed by atoms with E-state index >= 15 is 0 Å². The Morgan fingerprint density at radius 1 is 1.33 bits per heavy atom. The van der Waals surface area contributed by atoms with Crippen molar-refractivity contribution in [3.63, 3.8) is 0 Å². The van der Waals surface area contributed by atoms with Crippen molar-refractivity contribution in [3.05, 3.63) is 0 Å². The average molecular weight is 170 g/mol. The van der Waals surface area contributed by atoms with Gasteiger partial charge in [-0.2, -0.15) is 0 Å². The fourth-order valence-corrected chi connectivity index (χ4v) is 2.17. The van der Waals surface area contributed by atoms with Gasteiger partial charge in [-0.15, -0.1) is 0 Å². The first-order chi connectivity index (χ1) is 5.74. The second-order valence-corrected chi connectivity index (χ2v) is 4.25. The first-order valence-electron chi connectivity index (χ1n) is 5.35. The van der Waals surface area contributed by atoms with Crippen LogP contribution in [0, 0.1) is 11.8 Å². The minimum absolute atomic E-state index is 0.566. The summed E-state index contributed by atoms with van der Waals surface area (Å²) in [5.41, 5.74) is 0. The zero-order chi connectivity index (χ0) is 8.97. The Hall–Kier alpha value is -0.0400. The average Bonchev–Trinajstić information content (AvgIpc) is 2.05. The molecule has 72 valence electrons. The molecule has 1 aliphatic carbocycles. The molecule has 1 nitrogen and oxygen atoms in total. The van der Waals surface area contributed by atoms with Gasteiger partial charge in [0.1, 0.15) is 0 Å². The summed E-state index contributed by atoms with van der Waals surface area (Å²) < 4.78 is 5.66. The van der Waals surface area contributed by atoms with Crippen LogP contribution in [0.1, 0.15) is 46.5 Å². The maximum absolute atomic E-state index is 5.66. The van der Waals surface area contributed by atoms with Crippen LogP contribution in [-0.4, -0.2) is 12.7 Å². The van der Waals surface area contributed by atoms with E-state index in [4.69, 9.17) is 4.74 Å². The van der Waals surface area contributed by atoms with Gasteiger partial charge in [0.05, 0.1) is 6.10 Å². The molecule has 0 bridgehead atoms. The Morgan fingerprint density at radius 3 is 2.67 bits per heavy atom. The Morgan fingerprint density at radius 2 is 2.08 bits per heavy atom. The predicted molar refractivity (Wildman–Crippen MR) is 52.2 cm³/mol. The lowest BCUT2D eigenvalue weighted by atomic mass is 9.80. The molecule has 0 heterocycles. The zero-order valence-corrected chi connectivity index (χ0v) is 8.68. The van der Waals surface area contributed by atoms with Crippen molar-refractivity contribution in [1.29, 1.82) is 0 Å². The normalized spacial score (nSPS) is 31.0.